The van der Waals surface area contributed by atoms with Gasteiger partial charge in [-0.15, -0.1) is 62.5 Å². The van der Waals surface area contributed by atoms with Crippen LogP contribution in [-0.2, 0) is 20.8 Å². The van der Waals surface area contributed by atoms with Gasteiger partial charge in [0.1, 0.15) is 0 Å². The van der Waals surface area contributed by atoms with Gasteiger partial charge in [-0.2, -0.15) is 41.6 Å². The van der Waals surface area contributed by atoms with Crippen LogP contribution in [0, 0.1) is 33.8 Å². The van der Waals surface area contributed by atoms with Crippen molar-refractivity contribution in [1.82, 2.24) is 0 Å². The van der Waals surface area contributed by atoms with E-state index >= 15 is 0 Å². The minimum atomic E-state index is -0.826. The molecule has 0 saturated carbocycles. The second-order valence-corrected chi connectivity index (χ2v) is 20.6. The Labute approximate surface area is 388 Å². The summed E-state index contributed by atoms with van der Waals surface area (Å²) in [6, 6.07) is 75.0. The summed E-state index contributed by atoms with van der Waals surface area (Å²) in [4.78, 5) is 0. The van der Waals surface area contributed by atoms with E-state index < -0.39 is 20.8 Å². The van der Waals surface area contributed by atoms with E-state index in [1.54, 1.807) is 0 Å². The summed E-state index contributed by atoms with van der Waals surface area (Å²) in [6.45, 7) is 8.73. The van der Waals surface area contributed by atoms with E-state index in [1.807, 2.05) is 6.07 Å². The molecule has 1 heterocycles. The third-order valence-corrected chi connectivity index (χ3v) is 12.8. The van der Waals surface area contributed by atoms with Crippen LogP contribution in [0.15, 0.2) is 200 Å². The number of hydrogen-bond acceptors (Lipinski definition) is 0. The van der Waals surface area contributed by atoms with Crippen molar-refractivity contribution < 1.29 is 20.8 Å². The van der Waals surface area contributed by atoms with E-state index in [2.05, 4.69) is 228 Å². The summed E-state index contributed by atoms with van der Waals surface area (Å²) in [5, 5.41) is 8.15. The van der Waals surface area contributed by atoms with E-state index in [4.69, 9.17) is 17.0 Å². The van der Waals surface area contributed by atoms with E-state index in [-0.39, 0.29) is 0 Å². The smallest absolute Gasteiger partial charge is 0.0920 e. The number of fused-ring (bicyclic) bond motifs is 5. The molecule has 0 bridgehead atoms. The van der Waals surface area contributed by atoms with Gasteiger partial charge >= 0.3 is 37.9 Å². The van der Waals surface area contributed by atoms with Gasteiger partial charge in [-0.05, 0) is 58.4 Å². The first-order chi connectivity index (χ1) is 30.3. The third kappa shape index (κ3) is 9.51. The molecule has 0 nitrogen and oxygen atoms in total. The van der Waals surface area contributed by atoms with Gasteiger partial charge in [0.2, 0.25) is 0 Å². The van der Waals surface area contributed by atoms with Gasteiger partial charge in [-0.1, -0.05) is 181 Å². The average molecular weight is 932 g/mol. The minimum absolute atomic E-state index is 0.795. The topological polar surface area (TPSA) is 0 Å². The Kier molecular flexibility index (Phi) is 14.1. The molecule has 0 amide bonds. The number of hydrogen-bond donors (Lipinski definition) is 0. The largest absolute Gasteiger partial charge is 0.184 e. The molecule has 0 unspecified atom stereocenters. The first-order valence-electron chi connectivity index (χ1n) is 20.8. The van der Waals surface area contributed by atoms with Crippen molar-refractivity contribution in [3.05, 3.63) is 229 Å². The van der Waals surface area contributed by atoms with Crippen LogP contribution in [0.1, 0.15) is 22.3 Å². The monoisotopic (exact) mass is 929 g/mol. The van der Waals surface area contributed by atoms with E-state index in [0.717, 1.165) is 9.52 Å². The molecule has 11 rings (SSSR count). The summed E-state index contributed by atoms with van der Waals surface area (Å²) in [7, 11) is 10.7. The molecule has 10 aromatic rings. The second kappa shape index (κ2) is 20.2. The zero-order valence-corrected chi connectivity index (χ0v) is 40.3. The fourth-order valence-electron chi connectivity index (χ4n) is 8.59. The molecule has 4 heteroatoms. The van der Waals surface area contributed by atoms with Crippen molar-refractivity contribution >= 4 is 58.5 Å². The quantitative estimate of drug-likeness (QED) is 0.122. The number of benzene rings is 8. The fourth-order valence-corrected chi connectivity index (χ4v) is 9.90. The Hall–Kier alpha value is -5.34. The number of rotatable bonds is 4. The molecule has 62 heavy (non-hydrogen) atoms. The molecule has 0 aromatic heterocycles. The van der Waals surface area contributed by atoms with Gasteiger partial charge in [0.05, 0.1) is 9.52 Å². The molecule has 10 aromatic carbocycles. The van der Waals surface area contributed by atoms with E-state index in [0.29, 0.717) is 0 Å². The summed E-state index contributed by atoms with van der Waals surface area (Å²) < 4.78 is 0. The summed E-state index contributed by atoms with van der Waals surface area (Å²) >= 11 is -0.826. The number of halogens is 2. The molecular weight excluding hydrogens is 887 g/mol. The average Bonchev–Trinajstić information content (AvgIpc) is 4.01. The van der Waals surface area contributed by atoms with Crippen LogP contribution in [0.2, 0.25) is 0 Å². The van der Waals surface area contributed by atoms with Crippen molar-refractivity contribution in [3.63, 3.8) is 0 Å². The molecule has 1 aliphatic heterocycles. The molecule has 0 aliphatic carbocycles. The van der Waals surface area contributed by atoms with Gasteiger partial charge in [0.15, 0.2) is 0 Å². The fraction of sp³-hybridized carbons (Fsp3) is 0.0690. The van der Waals surface area contributed by atoms with Crippen molar-refractivity contribution in [2.45, 2.75) is 27.7 Å². The van der Waals surface area contributed by atoms with Crippen LogP contribution in [0.4, 0.5) is 0 Å². The summed E-state index contributed by atoms with van der Waals surface area (Å²) in [5.41, 5.74) is 18.5. The van der Waals surface area contributed by atoms with Crippen LogP contribution in [0.5, 0.6) is 0 Å². The predicted molar refractivity (Wildman–Crippen MR) is 267 cm³/mol. The molecular formula is C58H45Cl2SiZr-3. The first kappa shape index (κ1) is 43.3. The Morgan fingerprint density at radius 1 is 0.435 bits per heavy atom. The Morgan fingerprint density at radius 2 is 0.855 bits per heavy atom. The van der Waals surface area contributed by atoms with Gasteiger partial charge in [-0.25, -0.2) is 0 Å². The van der Waals surface area contributed by atoms with E-state index in [1.165, 1.54) is 110 Å². The normalized spacial score (nSPS) is 11.0. The second-order valence-electron chi connectivity index (χ2n) is 15.6. The maximum absolute atomic E-state index is 4.93. The SMILES string of the molecule is Cc1cc2c(-c3ccccc3C)c(-c3ccccc3)ccc2[cH-]1.Cc1cc2c(-c3ccccc3C)c(-c3ccccc3)ccc2[cH-]1.[Cl][Zr][Cl].[c-]1cccc2c1[Si]c1ccccc1-2. The van der Waals surface area contributed by atoms with Crippen molar-refractivity contribution in [2.24, 2.45) is 0 Å². The van der Waals surface area contributed by atoms with Crippen LogP contribution < -0.4 is 10.4 Å². The maximum atomic E-state index is 4.93. The molecule has 0 atom stereocenters. The standard InChI is InChI=1S/2C23H19.C12H7Si.2ClH.Zr/c2*1-16-14-19-12-13-21(18-9-4-3-5-10-18)23(22(19)15-16)20-11-7-6-8-17(20)2;1-3-7-11-9(5-1)10-6-2-4-8-12(10)13-11;;;/h2*3-15H,1-2H3;1-7H;2*1H;/q3*-1;;;+2/p-2. The van der Waals surface area contributed by atoms with Crippen molar-refractivity contribution in [1.29, 1.82) is 0 Å². The van der Waals surface area contributed by atoms with Gasteiger partial charge in [0.25, 0.3) is 0 Å². The van der Waals surface area contributed by atoms with Gasteiger partial charge in [-0.3, -0.25) is 0 Å². The van der Waals surface area contributed by atoms with E-state index in [9.17, 15) is 0 Å². The van der Waals surface area contributed by atoms with Crippen molar-refractivity contribution in [3.8, 4) is 55.6 Å². The molecule has 0 N–H and O–H groups in total. The van der Waals surface area contributed by atoms with Crippen LogP contribution in [0.3, 0.4) is 0 Å². The minimum Gasteiger partial charge on any atom is -0.184 e. The summed E-state index contributed by atoms with van der Waals surface area (Å²) in [6.07, 6.45) is 0. The zero-order chi connectivity index (χ0) is 43.0. The Morgan fingerprint density at radius 3 is 1.34 bits per heavy atom. The van der Waals surface area contributed by atoms with Crippen LogP contribution >= 0.6 is 17.0 Å². The number of aryl methyl sites for hydroxylation is 4. The van der Waals surface area contributed by atoms with Gasteiger partial charge < -0.3 is 0 Å². The Balaban J connectivity index is 0.000000128. The van der Waals surface area contributed by atoms with Crippen molar-refractivity contribution in [2.75, 3.05) is 0 Å². The van der Waals surface area contributed by atoms with Gasteiger partial charge in [0, 0.05) is 0 Å². The van der Waals surface area contributed by atoms with Crippen LogP contribution in [0.25, 0.3) is 77.2 Å². The molecule has 2 radical (unpaired) electrons. The third-order valence-electron chi connectivity index (χ3n) is 11.4. The molecule has 0 saturated heterocycles. The molecule has 0 fully saturated rings. The summed E-state index contributed by atoms with van der Waals surface area (Å²) in [5.74, 6) is 0. The zero-order valence-electron chi connectivity index (χ0n) is 35.3. The Bertz CT molecular complexity index is 2880. The first-order valence-corrected chi connectivity index (χ1v) is 28.1. The van der Waals surface area contributed by atoms with Crippen LogP contribution in [-0.4, -0.2) is 9.52 Å². The predicted octanol–water partition coefficient (Wildman–Crippen LogP) is 15.5. The molecule has 302 valence electrons. The molecule has 1 aliphatic rings. The molecule has 0 spiro atoms. The maximum Gasteiger partial charge on any atom is 0.0920 e.